The molecule has 0 radical (unpaired) electrons. The molecule has 0 aliphatic carbocycles. The van der Waals surface area contributed by atoms with E-state index < -0.39 is 0 Å². The number of hydrogen-bond acceptors (Lipinski definition) is 3. The van der Waals surface area contributed by atoms with Crippen LogP contribution >= 0.6 is 11.3 Å². The lowest BCUT2D eigenvalue weighted by Gasteiger charge is -2.03. The predicted octanol–water partition coefficient (Wildman–Crippen LogP) is 2.77. The van der Waals surface area contributed by atoms with Gasteiger partial charge in [-0.05, 0) is 24.6 Å². The summed E-state index contributed by atoms with van der Waals surface area (Å²) in [5, 5.41) is 4.76. The van der Waals surface area contributed by atoms with Crippen molar-refractivity contribution >= 4 is 22.2 Å². The number of nitrogens with one attached hydrogen (secondary N) is 1. The Morgan fingerprint density at radius 2 is 2.15 bits per heavy atom. The number of fused-ring (bicyclic) bond motifs is 1. The van der Waals surface area contributed by atoms with Gasteiger partial charge in [-0.2, -0.15) is 0 Å². The highest BCUT2D eigenvalue weighted by molar-refractivity contribution is 7.15. The summed E-state index contributed by atoms with van der Waals surface area (Å²) in [6, 6.07) is 6.03. The zero-order valence-electron chi connectivity index (χ0n) is 10.8. The van der Waals surface area contributed by atoms with Crippen molar-refractivity contribution in [3.63, 3.8) is 0 Å². The first-order chi connectivity index (χ1) is 9.63. The second kappa shape index (κ2) is 5.05. The summed E-state index contributed by atoms with van der Waals surface area (Å²) in [5.74, 6) is -0.519. The number of aryl methyl sites for hydroxylation is 1. The third kappa shape index (κ3) is 2.42. The average Bonchev–Trinajstić information content (AvgIpc) is 3.01. The van der Waals surface area contributed by atoms with Crippen molar-refractivity contribution in [3.05, 3.63) is 58.6 Å². The fraction of sp³-hybridized carbons (Fsp3) is 0.143. The Balaban J connectivity index is 1.71. The van der Waals surface area contributed by atoms with Gasteiger partial charge in [-0.3, -0.25) is 9.20 Å². The zero-order valence-corrected chi connectivity index (χ0v) is 11.6. The number of aromatic nitrogens is 2. The van der Waals surface area contributed by atoms with E-state index in [-0.39, 0.29) is 11.7 Å². The zero-order chi connectivity index (χ0) is 14.1. The highest BCUT2D eigenvalue weighted by Crippen LogP contribution is 2.15. The van der Waals surface area contributed by atoms with E-state index in [9.17, 15) is 9.18 Å². The molecule has 20 heavy (non-hydrogen) atoms. The van der Waals surface area contributed by atoms with Gasteiger partial charge < -0.3 is 5.32 Å². The first kappa shape index (κ1) is 12.8. The molecule has 0 aliphatic rings. The summed E-state index contributed by atoms with van der Waals surface area (Å²) < 4.78 is 14.7. The van der Waals surface area contributed by atoms with E-state index in [4.69, 9.17) is 0 Å². The Bertz CT molecular complexity index is 760. The fourth-order valence-electron chi connectivity index (χ4n) is 1.88. The van der Waals surface area contributed by atoms with Crippen LogP contribution in [-0.4, -0.2) is 15.3 Å². The van der Waals surface area contributed by atoms with Gasteiger partial charge in [0.2, 0.25) is 0 Å². The van der Waals surface area contributed by atoms with Crippen LogP contribution in [0, 0.1) is 12.7 Å². The molecule has 1 aromatic carbocycles. The molecule has 0 unspecified atom stereocenters. The fourth-order valence-corrected chi connectivity index (χ4v) is 2.73. The molecular weight excluding hydrogens is 277 g/mol. The molecule has 0 saturated carbocycles. The topological polar surface area (TPSA) is 46.4 Å². The van der Waals surface area contributed by atoms with Crippen LogP contribution in [0.4, 0.5) is 4.39 Å². The summed E-state index contributed by atoms with van der Waals surface area (Å²) in [7, 11) is 0. The minimum atomic E-state index is -0.287. The number of imidazole rings is 1. The molecule has 2 aromatic heterocycles. The minimum Gasteiger partial charge on any atom is -0.347 e. The molecule has 0 spiro atoms. The molecule has 3 rings (SSSR count). The van der Waals surface area contributed by atoms with E-state index in [1.54, 1.807) is 18.3 Å². The molecule has 4 nitrogen and oxygen atoms in total. The third-order valence-electron chi connectivity index (χ3n) is 2.99. The largest absolute Gasteiger partial charge is 0.347 e. The van der Waals surface area contributed by atoms with Gasteiger partial charge in [0, 0.05) is 23.8 Å². The smallest absolute Gasteiger partial charge is 0.271 e. The van der Waals surface area contributed by atoms with Crippen molar-refractivity contribution in [1.82, 2.24) is 14.7 Å². The predicted molar refractivity (Wildman–Crippen MR) is 75.4 cm³/mol. The van der Waals surface area contributed by atoms with Gasteiger partial charge >= 0.3 is 0 Å². The number of benzene rings is 1. The Kier molecular flexibility index (Phi) is 3.23. The van der Waals surface area contributed by atoms with Crippen LogP contribution < -0.4 is 5.32 Å². The molecule has 1 amide bonds. The SMILES string of the molecule is Cc1csc2nc(C(=O)NCc3ccc(F)cc3)cn12. The summed E-state index contributed by atoms with van der Waals surface area (Å²) >= 11 is 1.50. The number of nitrogens with zero attached hydrogens (tertiary/aromatic N) is 2. The van der Waals surface area contributed by atoms with Gasteiger partial charge in [0.15, 0.2) is 4.96 Å². The second-order valence-corrected chi connectivity index (χ2v) is 5.30. The number of hydrogen-bond donors (Lipinski definition) is 1. The van der Waals surface area contributed by atoms with Crippen molar-refractivity contribution in [3.8, 4) is 0 Å². The van der Waals surface area contributed by atoms with Gasteiger partial charge in [0.1, 0.15) is 11.5 Å². The van der Waals surface area contributed by atoms with Gasteiger partial charge in [-0.15, -0.1) is 11.3 Å². The van der Waals surface area contributed by atoms with E-state index in [2.05, 4.69) is 10.3 Å². The van der Waals surface area contributed by atoms with Gasteiger partial charge in [0.25, 0.3) is 5.91 Å². The van der Waals surface area contributed by atoms with Crippen LogP contribution in [0.15, 0.2) is 35.8 Å². The Morgan fingerprint density at radius 3 is 2.85 bits per heavy atom. The normalized spacial score (nSPS) is 10.9. The van der Waals surface area contributed by atoms with Gasteiger partial charge in [0.05, 0.1) is 0 Å². The standard InChI is InChI=1S/C14H12FN3OS/c1-9-8-20-14-17-12(7-18(9)14)13(19)16-6-10-2-4-11(15)5-3-10/h2-5,7-8H,6H2,1H3,(H,16,19). The first-order valence-corrected chi connectivity index (χ1v) is 6.97. The maximum atomic E-state index is 12.8. The van der Waals surface area contributed by atoms with Crippen LogP contribution in [0.2, 0.25) is 0 Å². The quantitative estimate of drug-likeness (QED) is 0.806. The Morgan fingerprint density at radius 1 is 1.40 bits per heavy atom. The molecule has 1 N–H and O–H groups in total. The van der Waals surface area contributed by atoms with Crippen LogP contribution in [0.25, 0.3) is 4.96 Å². The molecule has 2 heterocycles. The van der Waals surface area contributed by atoms with Gasteiger partial charge in [-0.25, -0.2) is 9.37 Å². The van der Waals surface area contributed by atoms with Crippen molar-refractivity contribution in [2.45, 2.75) is 13.5 Å². The molecule has 0 saturated heterocycles. The molecule has 102 valence electrons. The van der Waals surface area contributed by atoms with E-state index >= 15 is 0 Å². The highest BCUT2D eigenvalue weighted by Gasteiger charge is 2.12. The van der Waals surface area contributed by atoms with E-state index in [0.29, 0.717) is 12.2 Å². The molecule has 0 fully saturated rings. The van der Waals surface area contributed by atoms with E-state index in [0.717, 1.165) is 16.2 Å². The number of carbonyl (C=O) groups is 1. The molecule has 6 heteroatoms. The third-order valence-corrected chi connectivity index (χ3v) is 3.95. The van der Waals surface area contributed by atoms with E-state index in [1.807, 2.05) is 16.7 Å². The number of halogens is 1. The maximum absolute atomic E-state index is 12.8. The maximum Gasteiger partial charge on any atom is 0.271 e. The first-order valence-electron chi connectivity index (χ1n) is 6.09. The number of amides is 1. The van der Waals surface area contributed by atoms with Crippen molar-refractivity contribution < 1.29 is 9.18 Å². The average molecular weight is 289 g/mol. The van der Waals surface area contributed by atoms with Crippen LogP contribution in [0.5, 0.6) is 0 Å². The summed E-state index contributed by atoms with van der Waals surface area (Å²) in [6.45, 7) is 2.31. The van der Waals surface area contributed by atoms with Crippen LogP contribution in [0.1, 0.15) is 21.7 Å². The lowest BCUT2D eigenvalue weighted by Crippen LogP contribution is -2.23. The molecule has 0 bridgehead atoms. The second-order valence-electron chi connectivity index (χ2n) is 4.46. The van der Waals surface area contributed by atoms with Crippen molar-refractivity contribution in [2.75, 3.05) is 0 Å². The van der Waals surface area contributed by atoms with Crippen LogP contribution in [0.3, 0.4) is 0 Å². The van der Waals surface area contributed by atoms with E-state index in [1.165, 1.54) is 23.5 Å². The monoisotopic (exact) mass is 289 g/mol. The van der Waals surface area contributed by atoms with Crippen molar-refractivity contribution in [1.29, 1.82) is 0 Å². The minimum absolute atomic E-state index is 0.232. The Labute approximate surface area is 118 Å². The summed E-state index contributed by atoms with van der Waals surface area (Å²) in [5.41, 5.74) is 2.29. The molecular formula is C14H12FN3OS. The number of thiazole rings is 1. The molecule has 3 aromatic rings. The Hall–Kier alpha value is -2.21. The number of carbonyl (C=O) groups excluding carboxylic acids is 1. The molecule has 0 aliphatic heterocycles. The lowest BCUT2D eigenvalue weighted by molar-refractivity contribution is 0.0946. The summed E-state index contributed by atoms with van der Waals surface area (Å²) in [6.07, 6.45) is 1.72. The number of rotatable bonds is 3. The van der Waals surface area contributed by atoms with Crippen molar-refractivity contribution in [2.24, 2.45) is 0 Å². The summed E-state index contributed by atoms with van der Waals surface area (Å²) in [4.78, 5) is 17.1. The molecule has 0 atom stereocenters. The van der Waals surface area contributed by atoms with Crippen LogP contribution in [-0.2, 0) is 6.54 Å². The highest BCUT2D eigenvalue weighted by atomic mass is 32.1. The van der Waals surface area contributed by atoms with Gasteiger partial charge in [-0.1, -0.05) is 12.1 Å². The lowest BCUT2D eigenvalue weighted by atomic mass is 10.2.